The number of halogens is 1. The quantitative estimate of drug-likeness (QED) is 0.845. The summed E-state index contributed by atoms with van der Waals surface area (Å²) in [4.78, 5) is 16.9. The zero-order chi connectivity index (χ0) is 16.9. The molecule has 0 saturated carbocycles. The number of hydrogen-bond donors (Lipinski definition) is 1. The molecule has 0 aliphatic carbocycles. The van der Waals surface area contributed by atoms with Gasteiger partial charge in [-0.1, -0.05) is 35.9 Å². The Labute approximate surface area is 147 Å². The molecule has 5 heteroatoms. The summed E-state index contributed by atoms with van der Waals surface area (Å²) in [6.07, 6.45) is 2.33. The fraction of sp³-hybridized carbons (Fsp3) is 0.316. The summed E-state index contributed by atoms with van der Waals surface area (Å²) in [5.41, 5.74) is 8.52. The van der Waals surface area contributed by atoms with Crippen LogP contribution < -0.4 is 10.6 Å². The van der Waals surface area contributed by atoms with Crippen LogP contribution in [0.15, 0.2) is 48.5 Å². The van der Waals surface area contributed by atoms with Crippen LogP contribution in [0.3, 0.4) is 0 Å². The van der Waals surface area contributed by atoms with Crippen LogP contribution in [-0.2, 0) is 11.3 Å². The number of amides is 1. The number of nitrogens with two attached hydrogens (primary N) is 1. The lowest BCUT2D eigenvalue weighted by atomic mass is 10.1. The molecule has 1 aliphatic rings. The van der Waals surface area contributed by atoms with Gasteiger partial charge in [0.1, 0.15) is 0 Å². The van der Waals surface area contributed by atoms with Crippen molar-refractivity contribution in [2.75, 3.05) is 30.3 Å². The van der Waals surface area contributed by atoms with Gasteiger partial charge in [0.05, 0.1) is 24.5 Å². The molecule has 3 rings (SSSR count). The first-order chi connectivity index (χ1) is 11.6. The minimum Gasteiger partial charge on any atom is -0.397 e. The van der Waals surface area contributed by atoms with Gasteiger partial charge in [-0.25, -0.2) is 0 Å². The number of benzene rings is 2. The van der Waals surface area contributed by atoms with Gasteiger partial charge < -0.3 is 10.6 Å². The van der Waals surface area contributed by atoms with E-state index in [2.05, 4.69) is 4.90 Å². The zero-order valence-electron chi connectivity index (χ0n) is 13.6. The highest BCUT2D eigenvalue weighted by molar-refractivity contribution is 6.30. The molecule has 2 aromatic rings. The highest BCUT2D eigenvalue weighted by Crippen LogP contribution is 2.25. The summed E-state index contributed by atoms with van der Waals surface area (Å²) < 4.78 is 0. The van der Waals surface area contributed by atoms with Crippen molar-refractivity contribution in [3.05, 3.63) is 59.1 Å². The van der Waals surface area contributed by atoms with Crippen molar-refractivity contribution >= 4 is 28.9 Å². The van der Waals surface area contributed by atoms with E-state index in [0.717, 1.165) is 37.2 Å². The number of nitrogens with zero attached hydrogens (tertiary/aromatic N) is 2. The van der Waals surface area contributed by atoms with E-state index >= 15 is 0 Å². The molecule has 0 spiro atoms. The molecule has 4 nitrogen and oxygen atoms in total. The fourth-order valence-electron chi connectivity index (χ4n) is 3.03. The van der Waals surface area contributed by atoms with E-state index in [4.69, 9.17) is 17.3 Å². The molecule has 2 N–H and O–H groups in total. The average molecular weight is 344 g/mol. The first-order valence-electron chi connectivity index (χ1n) is 8.25. The molecule has 1 saturated heterocycles. The van der Waals surface area contributed by atoms with E-state index in [0.29, 0.717) is 23.8 Å². The smallest absolute Gasteiger partial charge is 0.241 e. The molecular formula is C19H22ClN3O. The highest BCUT2D eigenvalue weighted by atomic mass is 35.5. The van der Waals surface area contributed by atoms with Crippen LogP contribution in [0.5, 0.6) is 0 Å². The van der Waals surface area contributed by atoms with E-state index in [1.807, 2.05) is 48.5 Å². The lowest BCUT2D eigenvalue weighted by molar-refractivity contribution is -0.119. The van der Waals surface area contributed by atoms with Gasteiger partial charge in [0, 0.05) is 5.02 Å². The van der Waals surface area contributed by atoms with E-state index in [-0.39, 0.29) is 5.91 Å². The van der Waals surface area contributed by atoms with Gasteiger partial charge in [-0.15, -0.1) is 0 Å². The van der Waals surface area contributed by atoms with E-state index in [1.54, 1.807) is 4.90 Å². The molecule has 0 aromatic heterocycles. The first kappa shape index (κ1) is 16.8. The second-order valence-corrected chi connectivity index (χ2v) is 6.58. The number of hydrogen-bond acceptors (Lipinski definition) is 3. The molecule has 1 amide bonds. The van der Waals surface area contributed by atoms with Crippen molar-refractivity contribution < 1.29 is 4.79 Å². The summed E-state index contributed by atoms with van der Waals surface area (Å²) in [6.45, 7) is 2.90. The average Bonchev–Trinajstić information content (AvgIpc) is 3.08. The monoisotopic (exact) mass is 343 g/mol. The lowest BCUT2D eigenvalue weighted by Gasteiger charge is -2.26. The van der Waals surface area contributed by atoms with Gasteiger partial charge in [0.25, 0.3) is 0 Å². The molecule has 0 atom stereocenters. The summed E-state index contributed by atoms with van der Waals surface area (Å²) in [7, 11) is 0. The summed E-state index contributed by atoms with van der Waals surface area (Å²) in [5, 5.41) is 0.688. The van der Waals surface area contributed by atoms with Crippen molar-refractivity contribution in [3.8, 4) is 0 Å². The van der Waals surface area contributed by atoms with Crippen LogP contribution in [0.1, 0.15) is 18.4 Å². The van der Waals surface area contributed by atoms with Crippen LogP contribution >= 0.6 is 11.6 Å². The van der Waals surface area contributed by atoms with Gasteiger partial charge >= 0.3 is 0 Å². The number of nitrogen functional groups attached to an aromatic ring is 1. The van der Waals surface area contributed by atoms with Crippen molar-refractivity contribution in [1.82, 2.24) is 4.90 Å². The Balaban J connectivity index is 1.83. The third-order valence-electron chi connectivity index (χ3n) is 4.34. The molecule has 24 heavy (non-hydrogen) atoms. The van der Waals surface area contributed by atoms with Crippen molar-refractivity contribution in [2.45, 2.75) is 19.4 Å². The van der Waals surface area contributed by atoms with Crippen LogP contribution in [0.2, 0.25) is 5.02 Å². The Morgan fingerprint density at radius 1 is 1.08 bits per heavy atom. The molecule has 126 valence electrons. The second-order valence-electron chi connectivity index (χ2n) is 6.15. The fourth-order valence-corrected chi connectivity index (χ4v) is 3.16. The normalized spacial score (nSPS) is 14.7. The Hall–Kier alpha value is -2.04. The molecule has 0 bridgehead atoms. The minimum atomic E-state index is 0.0738. The molecule has 2 aromatic carbocycles. The van der Waals surface area contributed by atoms with Crippen LogP contribution in [-0.4, -0.2) is 30.4 Å². The summed E-state index contributed by atoms with van der Waals surface area (Å²) >= 11 is 5.96. The Bertz CT molecular complexity index is 696. The third-order valence-corrected chi connectivity index (χ3v) is 4.59. The Morgan fingerprint density at radius 2 is 1.75 bits per heavy atom. The molecular weight excluding hydrogens is 322 g/mol. The molecule has 0 unspecified atom stereocenters. The van der Waals surface area contributed by atoms with Gasteiger partial charge in [0.2, 0.25) is 5.91 Å². The van der Waals surface area contributed by atoms with E-state index in [9.17, 15) is 4.79 Å². The maximum Gasteiger partial charge on any atom is 0.241 e. The standard InChI is InChI=1S/C19H22ClN3O/c20-16-9-7-15(8-10-16)13-23(18-6-2-1-5-17(18)21)19(24)14-22-11-3-4-12-22/h1-2,5-10H,3-4,11-14,21H2. The maximum atomic E-state index is 12.9. The number of likely N-dealkylation sites (tertiary alicyclic amines) is 1. The minimum absolute atomic E-state index is 0.0738. The van der Waals surface area contributed by atoms with Crippen LogP contribution in [0.4, 0.5) is 11.4 Å². The second kappa shape index (κ2) is 7.69. The molecule has 1 aliphatic heterocycles. The maximum absolute atomic E-state index is 12.9. The number of rotatable bonds is 5. The highest BCUT2D eigenvalue weighted by Gasteiger charge is 2.22. The van der Waals surface area contributed by atoms with Crippen molar-refractivity contribution in [1.29, 1.82) is 0 Å². The predicted octanol–water partition coefficient (Wildman–Crippen LogP) is 3.55. The van der Waals surface area contributed by atoms with Crippen LogP contribution in [0, 0.1) is 0 Å². The number of carbonyl (C=O) groups excluding carboxylic acids is 1. The summed E-state index contributed by atoms with van der Waals surface area (Å²) in [5.74, 6) is 0.0738. The topological polar surface area (TPSA) is 49.6 Å². The number of anilines is 2. The van der Waals surface area contributed by atoms with Gasteiger partial charge in [-0.05, 0) is 55.8 Å². The van der Waals surface area contributed by atoms with Gasteiger partial charge in [0.15, 0.2) is 0 Å². The SMILES string of the molecule is Nc1ccccc1N(Cc1ccc(Cl)cc1)C(=O)CN1CCCC1. The van der Waals surface area contributed by atoms with E-state index in [1.165, 1.54) is 0 Å². The Morgan fingerprint density at radius 3 is 2.42 bits per heavy atom. The van der Waals surface area contributed by atoms with Crippen molar-refractivity contribution in [3.63, 3.8) is 0 Å². The first-order valence-corrected chi connectivity index (χ1v) is 8.63. The molecule has 0 radical (unpaired) electrons. The zero-order valence-corrected chi connectivity index (χ0v) is 14.4. The Kier molecular flexibility index (Phi) is 5.38. The lowest BCUT2D eigenvalue weighted by Crippen LogP contribution is -2.39. The van der Waals surface area contributed by atoms with Crippen LogP contribution in [0.25, 0.3) is 0 Å². The summed E-state index contributed by atoms with van der Waals surface area (Å²) in [6, 6.07) is 15.1. The van der Waals surface area contributed by atoms with E-state index < -0.39 is 0 Å². The van der Waals surface area contributed by atoms with Gasteiger partial charge in [-0.3, -0.25) is 9.69 Å². The number of para-hydroxylation sites is 2. The predicted molar refractivity (Wildman–Crippen MR) is 99.2 cm³/mol. The number of carbonyl (C=O) groups is 1. The van der Waals surface area contributed by atoms with Gasteiger partial charge in [-0.2, -0.15) is 0 Å². The van der Waals surface area contributed by atoms with Crippen molar-refractivity contribution in [2.24, 2.45) is 0 Å². The molecule has 1 heterocycles. The third kappa shape index (κ3) is 4.08. The molecule has 1 fully saturated rings. The largest absolute Gasteiger partial charge is 0.397 e.